The molecule has 0 fully saturated rings. The zero-order valence-corrected chi connectivity index (χ0v) is 16.1. The molecule has 0 atom stereocenters. The fourth-order valence-electron chi connectivity index (χ4n) is 3.05. The molecule has 0 unspecified atom stereocenters. The molecule has 1 aromatic carbocycles. The molecule has 5 heteroatoms. The number of rotatable bonds is 8. The van der Waals surface area contributed by atoms with E-state index in [1.165, 1.54) is 25.3 Å². The van der Waals surface area contributed by atoms with Crippen LogP contribution in [0.4, 0.5) is 5.69 Å². The molecule has 0 saturated heterocycles. The molecular weight excluding hydrogens is 328 g/mol. The number of ether oxygens (including phenoxy) is 1. The summed E-state index contributed by atoms with van der Waals surface area (Å²) in [6.45, 7) is 6.03. The Labute approximate surface area is 156 Å². The predicted molar refractivity (Wildman–Crippen MR) is 104 cm³/mol. The first-order valence-electron chi connectivity index (χ1n) is 9.44. The molecule has 2 rings (SSSR count). The van der Waals surface area contributed by atoms with Gasteiger partial charge in [0.05, 0.1) is 18.3 Å². The van der Waals surface area contributed by atoms with Crippen molar-refractivity contribution in [2.45, 2.75) is 59.0 Å². The first-order valence-corrected chi connectivity index (χ1v) is 9.44. The van der Waals surface area contributed by atoms with Crippen LogP contribution >= 0.6 is 0 Å². The summed E-state index contributed by atoms with van der Waals surface area (Å²) in [5, 5.41) is 2.87. The first kappa shape index (κ1) is 20.0. The predicted octanol–water partition coefficient (Wildman–Crippen LogP) is 4.15. The molecule has 1 aliphatic rings. The lowest BCUT2D eigenvalue weighted by Crippen LogP contribution is -2.37. The summed E-state index contributed by atoms with van der Waals surface area (Å²) in [6.07, 6.45) is 7.85. The fourth-order valence-corrected chi connectivity index (χ4v) is 3.05. The standard InChI is InChI=1S/C21H30N2O3/c1-16(2)26-20-12-8-7-11-19(20)22-21(25)15-23(17(3)24)14-13-18-9-5-4-6-10-18/h7-9,11-12,16H,4-6,10,13-15H2,1-3H3,(H,22,25). The molecule has 0 saturated carbocycles. The molecule has 0 aliphatic heterocycles. The number of carbonyl (C=O) groups excluding carboxylic acids is 2. The van der Waals surface area contributed by atoms with Crippen LogP contribution in [-0.4, -0.2) is 35.9 Å². The summed E-state index contributed by atoms with van der Waals surface area (Å²) in [6, 6.07) is 7.35. The molecule has 1 aliphatic carbocycles. The van der Waals surface area contributed by atoms with Crippen molar-refractivity contribution in [3.8, 4) is 5.75 Å². The molecule has 0 spiro atoms. The summed E-state index contributed by atoms with van der Waals surface area (Å²) < 4.78 is 5.72. The number of para-hydroxylation sites is 2. The number of allylic oxidation sites excluding steroid dienone is 1. The Hall–Kier alpha value is -2.30. The molecule has 1 aromatic rings. The van der Waals surface area contributed by atoms with E-state index in [0.717, 1.165) is 19.3 Å². The molecular formula is C21H30N2O3. The fraction of sp³-hybridized carbons (Fsp3) is 0.524. The Balaban J connectivity index is 1.93. The van der Waals surface area contributed by atoms with E-state index in [1.807, 2.05) is 32.0 Å². The van der Waals surface area contributed by atoms with Crippen LogP contribution in [-0.2, 0) is 9.59 Å². The lowest BCUT2D eigenvalue weighted by molar-refractivity contribution is -0.132. The van der Waals surface area contributed by atoms with Gasteiger partial charge in [0.25, 0.3) is 0 Å². The lowest BCUT2D eigenvalue weighted by Gasteiger charge is -2.22. The molecule has 0 aromatic heterocycles. The van der Waals surface area contributed by atoms with E-state index in [0.29, 0.717) is 18.0 Å². The third-order valence-corrected chi connectivity index (χ3v) is 4.39. The molecule has 0 heterocycles. The van der Waals surface area contributed by atoms with Crippen molar-refractivity contribution < 1.29 is 14.3 Å². The van der Waals surface area contributed by atoms with Crippen LogP contribution in [0.5, 0.6) is 5.75 Å². The lowest BCUT2D eigenvalue weighted by atomic mass is 9.97. The van der Waals surface area contributed by atoms with E-state index in [4.69, 9.17) is 4.74 Å². The average Bonchev–Trinajstić information content (AvgIpc) is 2.60. The van der Waals surface area contributed by atoms with E-state index in [1.54, 1.807) is 11.0 Å². The number of benzene rings is 1. The van der Waals surface area contributed by atoms with Gasteiger partial charge < -0.3 is 15.0 Å². The van der Waals surface area contributed by atoms with E-state index >= 15 is 0 Å². The monoisotopic (exact) mass is 358 g/mol. The number of hydrogen-bond donors (Lipinski definition) is 1. The van der Waals surface area contributed by atoms with Gasteiger partial charge in [-0.25, -0.2) is 0 Å². The number of nitrogens with zero attached hydrogens (tertiary/aromatic N) is 1. The van der Waals surface area contributed by atoms with Gasteiger partial charge in [-0.2, -0.15) is 0 Å². The zero-order chi connectivity index (χ0) is 18.9. The van der Waals surface area contributed by atoms with Crippen LogP contribution < -0.4 is 10.1 Å². The summed E-state index contributed by atoms with van der Waals surface area (Å²) >= 11 is 0. The van der Waals surface area contributed by atoms with Crippen LogP contribution in [0, 0.1) is 0 Å². The van der Waals surface area contributed by atoms with Crippen LogP contribution in [0.25, 0.3) is 0 Å². The maximum absolute atomic E-state index is 12.4. The highest BCUT2D eigenvalue weighted by molar-refractivity contribution is 5.95. The van der Waals surface area contributed by atoms with Crippen LogP contribution in [0.2, 0.25) is 0 Å². The van der Waals surface area contributed by atoms with Gasteiger partial charge >= 0.3 is 0 Å². The third-order valence-electron chi connectivity index (χ3n) is 4.39. The Kier molecular flexibility index (Phi) is 7.70. The highest BCUT2D eigenvalue weighted by atomic mass is 16.5. The van der Waals surface area contributed by atoms with Crippen molar-refractivity contribution in [3.63, 3.8) is 0 Å². The van der Waals surface area contributed by atoms with Gasteiger partial charge in [-0.15, -0.1) is 0 Å². The highest BCUT2D eigenvalue weighted by Crippen LogP contribution is 2.25. The quantitative estimate of drug-likeness (QED) is 0.710. The summed E-state index contributed by atoms with van der Waals surface area (Å²) in [5.41, 5.74) is 2.03. The van der Waals surface area contributed by atoms with Crippen LogP contribution in [0.3, 0.4) is 0 Å². The van der Waals surface area contributed by atoms with Gasteiger partial charge in [0.15, 0.2) is 0 Å². The Bertz CT molecular complexity index is 652. The van der Waals surface area contributed by atoms with E-state index in [2.05, 4.69) is 11.4 Å². The van der Waals surface area contributed by atoms with E-state index in [9.17, 15) is 9.59 Å². The van der Waals surface area contributed by atoms with Gasteiger partial charge in [-0.05, 0) is 58.1 Å². The van der Waals surface area contributed by atoms with Gasteiger partial charge in [0.2, 0.25) is 11.8 Å². The molecule has 0 bridgehead atoms. The van der Waals surface area contributed by atoms with Crippen molar-refractivity contribution in [2.24, 2.45) is 0 Å². The van der Waals surface area contributed by atoms with Crippen molar-refractivity contribution in [2.75, 3.05) is 18.4 Å². The average molecular weight is 358 g/mol. The number of anilines is 1. The van der Waals surface area contributed by atoms with Gasteiger partial charge in [-0.1, -0.05) is 23.8 Å². The molecule has 2 amide bonds. The number of amides is 2. The maximum atomic E-state index is 12.4. The minimum absolute atomic E-state index is 0.0190. The minimum Gasteiger partial charge on any atom is -0.489 e. The maximum Gasteiger partial charge on any atom is 0.244 e. The smallest absolute Gasteiger partial charge is 0.244 e. The number of hydrogen-bond acceptors (Lipinski definition) is 3. The van der Waals surface area contributed by atoms with Crippen molar-refractivity contribution in [1.29, 1.82) is 0 Å². The summed E-state index contributed by atoms with van der Waals surface area (Å²) in [7, 11) is 0. The second kappa shape index (κ2) is 10.00. The molecule has 26 heavy (non-hydrogen) atoms. The molecule has 5 nitrogen and oxygen atoms in total. The topological polar surface area (TPSA) is 58.6 Å². The van der Waals surface area contributed by atoms with Gasteiger partial charge in [-0.3, -0.25) is 9.59 Å². The van der Waals surface area contributed by atoms with E-state index in [-0.39, 0.29) is 24.5 Å². The summed E-state index contributed by atoms with van der Waals surface area (Å²) in [5.74, 6) is 0.346. The van der Waals surface area contributed by atoms with E-state index < -0.39 is 0 Å². The van der Waals surface area contributed by atoms with Gasteiger partial charge in [0.1, 0.15) is 5.75 Å². The second-order valence-electron chi connectivity index (χ2n) is 7.01. The summed E-state index contributed by atoms with van der Waals surface area (Å²) in [4.78, 5) is 26.0. The zero-order valence-electron chi connectivity index (χ0n) is 16.1. The largest absolute Gasteiger partial charge is 0.489 e. The number of nitrogens with one attached hydrogen (secondary N) is 1. The molecule has 1 N–H and O–H groups in total. The Morgan fingerprint density at radius 2 is 2.00 bits per heavy atom. The Morgan fingerprint density at radius 1 is 1.23 bits per heavy atom. The Morgan fingerprint density at radius 3 is 2.65 bits per heavy atom. The van der Waals surface area contributed by atoms with Gasteiger partial charge in [0, 0.05) is 13.5 Å². The highest BCUT2D eigenvalue weighted by Gasteiger charge is 2.16. The normalized spacial score (nSPS) is 13.9. The van der Waals surface area contributed by atoms with Crippen LogP contribution in [0.15, 0.2) is 35.9 Å². The first-order chi connectivity index (χ1) is 12.5. The van der Waals surface area contributed by atoms with Crippen molar-refractivity contribution in [3.05, 3.63) is 35.9 Å². The molecule has 142 valence electrons. The SMILES string of the molecule is CC(=O)N(CCC1=CCCCC1)CC(=O)Nc1ccccc1OC(C)C. The van der Waals surface area contributed by atoms with Crippen LogP contribution in [0.1, 0.15) is 52.9 Å². The third kappa shape index (κ3) is 6.54. The minimum atomic E-state index is -0.211. The molecule has 0 radical (unpaired) electrons. The van der Waals surface area contributed by atoms with Crippen molar-refractivity contribution in [1.82, 2.24) is 4.90 Å². The second-order valence-corrected chi connectivity index (χ2v) is 7.01. The number of carbonyl (C=O) groups is 2. The van der Waals surface area contributed by atoms with Crippen molar-refractivity contribution >= 4 is 17.5 Å².